The highest BCUT2D eigenvalue weighted by atomic mass is 16.8. The molecule has 2 aromatic rings. The zero-order valence-electron chi connectivity index (χ0n) is 26.7. The standard InChI is InChI=1S/C34H34O18/c35-11-23-25(41)28(44)31(52-33-29(45)27(43)26(42)24(51-33)12-47-32(46)13-1-4-15(36)5-2-13)34(50-23)49-22-10-17-19(39)8-16(37)9-21(17)48-30(22)14-3-6-18(38)20(40)7-14/h1-10,23-29,31,33-36,38-45H,11-12H2/p+1. The van der Waals surface area contributed by atoms with E-state index in [1.54, 1.807) is 0 Å². The molecule has 0 bridgehead atoms. The molecule has 18 nitrogen and oxygen atoms in total. The fourth-order valence-corrected chi connectivity index (χ4v) is 5.72. The first kappa shape index (κ1) is 36.8. The highest BCUT2D eigenvalue weighted by Gasteiger charge is 2.52. The van der Waals surface area contributed by atoms with Crippen molar-refractivity contribution in [2.45, 2.75) is 61.4 Å². The van der Waals surface area contributed by atoms with E-state index in [1.807, 2.05) is 0 Å². The van der Waals surface area contributed by atoms with Crippen molar-refractivity contribution in [3.05, 3.63) is 76.5 Å². The average Bonchev–Trinajstić information content (AvgIpc) is 3.12. The fraction of sp³-hybridized carbons (Fsp3) is 0.353. The minimum Gasteiger partial charge on any atom is -0.508 e. The zero-order valence-corrected chi connectivity index (χ0v) is 26.7. The third-order valence-electron chi connectivity index (χ3n) is 8.57. The minimum atomic E-state index is -1.98. The van der Waals surface area contributed by atoms with Crippen LogP contribution in [0.3, 0.4) is 0 Å². The lowest BCUT2D eigenvalue weighted by molar-refractivity contribution is -0.357. The summed E-state index contributed by atoms with van der Waals surface area (Å²) >= 11 is 0. The Morgan fingerprint density at radius 3 is 2.12 bits per heavy atom. The van der Waals surface area contributed by atoms with Gasteiger partial charge in [-0.05, 0) is 48.5 Å². The van der Waals surface area contributed by atoms with Gasteiger partial charge in [-0.25, -0.2) is 0 Å². The van der Waals surface area contributed by atoms with Gasteiger partial charge in [0.1, 0.15) is 65.6 Å². The number of phenolic OH excluding ortho intramolecular Hbond substituents is 4. The van der Waals surface area contributed by atoms with Crippen LogP contribution >= 0.6 is 0 Å². The summed E-state index contributed by atoms with van der Waals surface area (Å²) in [5, 5.41) is 104. The molecule has 11 N–H and O–H groups in total. The summed E-state index contributed by atoms with van der Waals surface area (Å²) in [7, 11) is 0. The SMILES string of the molecule is O=c1cc2oc(-c3ccc(O)c(O)c3)c(OC3OC(CO)C(O)C(O)C3OC3OC(COC(=[OH+])c4ccc(O)cc4)C(O)C(O)C3O)cc-2c(O)c1. The summed E-state index contributed by atoms with van der Waals surface area (Å²) in [6, 6.07) is 12.0. The van der Waals surface area contributed by atoms with Crippen LogP contribution in [-0.2, 0) is 18.9 Å². The number of aliphatic hydroxyl groups excluding tert-OH is 6. The summed E-state index contributed by atoms with van der Waals surface area (Å²) in [6.07, 6.45) is -17.9. The summed E-state index contributed by atoms with van der Waals surface area (Å²) in [6.45, 7) is -1.43. The van der Waals surface area contributed by atoms with Crippen LogP contribution in [0.25, 0.3) is 22.6 Å². The second-order valence-corrected chi connectivity index (χ2v) is 12.1. The van der Waals surface area contributed by atoms with Gasteiger partial charge in [0.25, 0.3) is 0 Å². The molecule has 2 aromatic carbocycles. The molecule has 10 atom stereocenters. The van der Waals surface area contributed by atoms with Crippen molar-refractivity contribution in [3.8, 4) is 51.4 Å². The van der Waals surface area contributed by atoms with E-state index in [2.05, 4.69) is 0 Å². The predicted octanol–water partition coefficient (Wildman–Crippen LogP) is -1.19. The lowest BCUT2D eigenvalue weighted by atomic mass is 9.97. The summed E-state index contributed by atoms with van der Waals surface area (Å²) < 4.78 is 34.5. The van der Waals surface area contributed by atoms with E-state index in [9.17, 15) is 60.7 Å². The van der Waals surface area contributed by atoms with Crippen LogP contribution in [0, 0.1) is 0 Å². The van der Waals surface area contributed by atoms with Gasteiger partial charge in [-0.1, -0.05) is 0 Å². The van der Waals surface area contributed by atoms with Gasteiger partial charge in [0, 0.05) is 17.7 Å². The second kappa shape index (κ2) is 14.9. The molecule has 0 radical (unpaired) electrons. The average molecular weight is 732 g/mol. The fourth-order valence-electron chi connectivity index (χ4n) is 5.72. The van der Waals surface area contributed by atoms with Crippen LogP contribution in [0.2, 0.25) is 0 Å². The van der Waals surface area contributed by atoms with Gasteiger partial charge >= 0.3 is 5.97 Å². The van der Waals surface area contributed by atoms with E-state index >= 15 is 0 Å². The molecule has 2 fully saturated rings. The number of carbonyl (C=O) groups excluding carboxylic acids is 1. The van der Waals surface area contributed by atoms with Gasteiger partial charge in [-0.3, -0.25) is 4.79 Å². The van der Waals surface area contributed by atoms with Gasteiger partial charge in [-0.2, -0.15) is 0 Å². The maximum Gasteiger partial charge on any atom is 0.517 e. The number of fused-ring (bicyclic) bond motifs is 1. The highest BCUT2D eigenvalue weighted by Crippen LogP contribution is 2.43. The van der Waals surface area contributed by atoms with E-state index in [0.717, 1.165) is 24.3 Å². The molecule has 4 aliphatic rings. The van der Waals surface area contributed by atoms with E-state index in [1.165, 1.54) is 36.4 Å². The Morgan fingerprint density at radius 1 is 0.731 bits per heavy atom. The minimum absolute atomic E-state index is 0.0349. The molecular formula is C34H35O18+. The smallest absolute Gasteiger partial charge is 0.508 e. The van der Waals surface area contributed by atoms with Crippen LogP contribution in [0.5, 0.6) is 28.7 Å². The van der Waals surface area contributed by atoms with Gasteiger partial charge in [0.15, 0.2) is 40.8 Å². The number of aromatic hydroxyl groups is 4. The van der Waals surface area contributed by atoms with Crippen LogP contribution in [0.15, 0.2) is 69.9 Å². The van der Waals surface area contributed by atoms with Crippen molar-refractivity contribution < 1.29 is 84.0 Å². The van der Waals surface area contributed by atoms with Crippen LogP contribution in [0.4, 0.5) is 0 Å². The first-order chi connectivity index (χ1) is 24.7. The highest BCUT2D eigenvalue weighted by molar-refractivity contribution is 5.90. The van der Waals surface area contributed by atoms with Gasteiger partial charge in [-0.15, -0.1) is 0 Å². The molecule has 10 unspecified atom stereocenters. The number of ether oxygens (including phenoxy) is 5. The Labute approximate surface area is 292 Å². The Bertz CT molecular complexity index is 1910. The van der Waals surface area contributed by atoms with E-state index in [0.29, 0.717) is 0 Å². The van der Waals surface area contributed by atoms with E-state index in [-0.39, 0.29) is 39.7 Å². The Balaban J connectivity index is 1.31. The van der Waals surface area contributed by atoms with Crippen molar-refractivity contribution in [1.29, 1.82) is 0 Å². The van der Waals surface area contributed by atoms with Crippen molar-refractivity contribution >= 4 is 5.97 Å². The monoisotopic (exact) mass is 731 g/mol. The predicted molar refractivity (Wildman–Crippen MR) is 172 cm³/mol. The molecule has 18 heteroatoms. The van der Waals surface area contributed by atoms with Crippen LogP contribution < -0.4 is 10.2 Å². The number of aliphatic hydroxyl groups is 6. The van der Waals surface area contributed by atoms with Crippen molar-refractivity contribution in [2.24, 2.45) is 0 Å². The van der Waals surface area contributed by atoms with Crippen molar-refractivity contribution in [1.82, 2.24) is 0 Å². The molecule has 1 aliphatic carbocycles. The maximum atomic E-state index is 12.1. The molecule has 52 heavy (non-hydrogen) atoms. The van der Waals surface area contributed by atoms with Gasteiger partial charge in [0.2, 0.25) is 12.9 Å². The number of rotatable bonds is 9. The molecule has 6 rings (SSSR count). The summed E-state index contributed by atoms with van der Waals surface area (Å²) in [4.78, 5) is 22.5. The number of esters is 1. The Hall–Kier alpha value is -5.02. The molecule has 2 saturated heterocycles. The Kier molecular flexibility index (Phi) is 10.5. The zero-order chi connectivity index (χ0) is 37.4. The number of hydrogen-bond acceptors (Lipinski definition) is 17. The largest absolute Gasteiger partial charge is 0.517 e. The number of phenols is 4. The topological polar surface area (TPSA) is 300 Å². The Morgan fingerprint density at radius 2 is 1.42 bits per heavy atom. The van der Waals surface area contributed by atoms with Crippen molar-refractivity contribution in [3.63, 3.8) is 0 Å². The molecule has 0 aromatic heterocycles. The third-order valence-corrected chi connectivity index (χ3v) is 8.57. The lowest BCUT2D eigenvalue weighted by Gasteiger charge is -2.45. The number of hydrogen-bond donors (Lipinski definition) is 10. The van der Waals surface area contributed by atoms with E-state index < -0.39 is 103 Å². The molecule has 278 valence electrons. The molecule has 0 amide bonds. The normalized spacial score (nSPS) is 29.1. The third kappa shape index (κ3) is 7.33. The first-order valence-electron chi connectivity index (χ1n) is 15.7. The second-order valence-electron chi connectivity index (χ2n) is 12.1. The van der Waals surface area contributed by atoms with Gasteiger partial charge < -0.3 is 84.0 Å². The molecule has 3 heterocycles. The lowest BCUT2D eigenvalue weighted by Crippen LogP contribution is -2.65. The van der Waals surface area contributed by atoms with Crippen LogP contribution in [0.1, 0.15) is 5.56 Å². The maximum absolute atomic E-state index is 12.1. The van der Waals surface area contributed by atoms with E-state index in [4.69, 9.17) is 28.1 Å². The molecule has 0 spiro atoms. The van der Waals surface area contributed by atoms with Gasteiger partial charge in [0.05, 0.1) is 12.2 Å². The molecular weight excluding hydrogens is 696 g/mol. The number of benzene rings is 3. The first-order valence-corrected chi connectivity index (χ1v) is 15.7. The summed E-state index contributed by atoms with van der Waals surface area (Å²) in [5.74, 6) is -2.86. The quantitative estimate of drug-likeness (QED) is 0.0550. The molecule has 3 aliphatic heterocycles. The summed E-state index contributed by atoms with van der Waals surface area (Å²) in [5.41, 5.74) is -0.416. The van der Waals surface area contributed by atoms with Crippen molar-refractivity contribution in [2.75, 3.05) is 13.2 Å². The van der Waals surface area contributed by atoms with Crippen LogP contribution in [-0.4, -0.2) is 136 Å². The molecule has 0 saturated carbocycles.